The summed E-state index contributed by atoms with van der Waals surface area (Å²) in [6.07, 6.45) is -0.705. The lowest BCUT2D eigenvalue weighted by atomic mass is 9.79. The molecule has 1 saturated heterocycles. The Hall–Kier alpha value is -5.40. The number of carbonyl (C=O) groups excluding carboxylic acids is 3. The lowest BCUT2D eigenvalue weighted by Gasteiger charge is -2.53. The van der Waals surface area contributed by atoms with E-state index in [1.807, 2.05) is 110 Å². The van der Waals surface area contributed by atoms with E-state index >= 15 is 9.59 Å². The summed E-state index contributed by atoms with van der Waals surface area (Å²) in [6, 6.07) is 41.4. The number of likely N-dealkylation sites (tertiary alicyclic amines) is 1. The Morgan fingerprint density at radius 1 is 0.723 bits per heavy atom. The highest BCUT2D eigenvalue weighted by atomic mass is 31.2. The lowest BCUT2D eigenvalue weighted by molar-refractivity contribution is -0.384. The smallest absolute Gasteiger partial charge is 0.356 e. The summed E-state index contributed by atoms with van der Waals surface area (Å²) in [4.78, 5) is 58.5. The third kappa shape index (κ3) is 10.2. The molecular formula is C52H63N2O8PSi2. The number of ketones is 1. The molecule has 1 amide bonds. The molecule has 1 aliphatic rings. The number of rotatable bonds is 16. The first kappa shape index (κ1) is 49.0. The number of ether oxygens (including phenoxy) is 1. The van der Waals surface area contributed by atoms with Crippen LogP contribution < -0.4 is 20.3 Å². The van der Waals surface area contributed by atoms with Gasteiger partial charge in [-0.25, -0.2) is 4.79 Å². The summed E-state index contributed by atoms with van der Waals surface area (Å²) in [5.74, 6) is -1.45. The van der Waals surface area contributed by atoms with Crippen LogP contribution in [0.3, 0.4) is 0 Å². The predicted molar refractivity (Wildman–Crippen MR) is 268 cm³/mol. The number of non-ortho nitro benzene ring substituents is 1. The molecule has 3 atom stereocenters. The number of nitro groups is 1. The van der Waals surface area contributed by atoms with Crippen LogP contribution in [0.1, 0.15) is 70.8 Å². The molecule has 1 fully saturated rings. The number of benzene rings is 5. The third-order valence-electron chi connectivity index (χ3n) is 13.5. The highest BCUT2D eigenvalue weighted by Gasteiger charge is 2.57. The number of hydrogen-bond donors (Lipinski definition) is 0. The van der Waals surface area contributed by atoms with Crippen molar-refractivity contribution in [1.82, 2.24) is 4.90 Å². The number of esters is 1. The first-order chi connectivity index (χ1) is 30.5. The van der Waals surface area contributed by atoms with Crippen LogP contribution in [0.2, 0.25) is 36.3 Å². The highest BCUT2D eigenvalue weighted by Crippen LogP contribution is 2.51. The van der Waals surface area contributed by atoms with E-state index in [1.165, 1.54) is 12.1 Å². The molecule has 5 aromatic carbocycles. The molecule has 0 aromatic heterocycles. The van der Waals surface area contributed by atoms with Gasteiger partial charge in [-0.3, -0.25) is 19.7 Å². The normalized spacial score (nSPS) is 16.3. The monoisotopic (exact) mass is 930 g/mol. The molecule has 0 aliphatic carbocycles. The maximum atomic E-state index is 15.6. The molecule has 6 rings (SSSR count). The zero-order valence-electron chi connectivity index (χ0n) is 39.5. The van der Waals surface area contributed by atoms with Crippen LogP contribution in [0.15, 0.2) is 140 Å². The first-order valence-corrected chi connectivity index (χ1v) is 29.8. The maximum absolute atomic E-state index is 15.6. The van der Waals surface area contributed by atoms with E-state index in [0.29, 0.717) is 16.9 Å². The van der Waals surface area contributed by atoms with Crippen molar-refractivity contribution in [2.24, 2.45) is 5.92 Å². The summed E-state index contributed by atoms with van der Waals surface area (Å²) >= 11 is 0. The molecule has 0 bridgehead atoms. The zero-order valence-corrected chi connectivity index (χ0v) is 42.4. The average Bonchev–Trinajstić information content (AvgIpc) is 3.25. The Kier molecular flexibility index (Phi) is 14.5. The number of β-lactam (4-membered cyclic amide) rings is 1. The number of hydrogen-bond acceptors (Lipinski definition) is 8. The largest absolute Gasteiger partial charge is 0.543 e. The predicted octanol–water partition coefficient (Wildman–Crippen LogP) is 10.7. The van der Waals surface area contributed by atoms with Crippen LogP contribution >= 0.6 is 6.89 Å². The summed E-state index contributed by atoms with van der Waals surface area (Å²) in [7, 11) is -4.71. The van der Waals surface area contributed by atoms with Crippen molar-refractivity contribution < 1.29 is 32.9 Å². The Morgan fingerprint density at radius 2 is 1.22 bits per heavy atom. The van der Waals surface area contributed by atoms with Gasteiger partial charge in [-0.05, 0) is 88.9 Å². The molecule has 1 heterocycles. The van der Waals surface area contributed by atoms with Crippen LogP contribution in [0.4, 0.5) is 5.69 Å². The van der Waals surface area contributed by atoms with Crippen molar-refractivity contribution in [3.63, 3.8) is 0 Å². The van der Waals surface area contributed by atoms with Crippen molar-refractivity contribution in [3.05, 3.63) is 161 Å². The summed E-state index contributed by atoms with van der Waals surface area (Å²) in [6.45, 7) is 19.9. The van der Waals surface area contributed by atoms with Gasteiger partial charge >= 0.3 is 5.97 Å². The van der Waals surface area contributed by atoms with E-state index < -0.39 is 52.5 Å². The molecule has 342 valence electrons. The molecule has 13 heteroatoms. The van der Waals surface area contributed by atoms with E-state index in [2.05, 4.69) is 67.7 Å². The number of carbonyl (C=O) groups is 3. The van der Waals surface area contributed by atoms with Crippen molar-refractivity contribution in [2.45, 2.75) is 110 Å². The summed E-state index contributed by atoms with van der Waals surface area (Å²) < 4.78 is 19.9. The first-order valence-electron chi connectivity index (χ1n) is 22.2. The molecule has 10 nitrogen and oxygen atoms in total. The van der Waals surface area contributed by atoms with Gasteiger partial charge < -0.3 is 18.5 Å². The fourth-order valence-electron chi connectivity index (χ4n) is 7.86. The van der Waals surface area contributed by atoms with Crippen molar-refractivity contribution in [3.8, 4) is 5.75 Å². The van der Waals surface area contributed by atoms with E-state index in [1.54, 1.807) is 29.2 Å². The fourth-order valence-corrected chi connectivity index (χ4v) is 14.7. The van der Waals surface area contributed by atoms with Gasteiger partial charge in [0, 0.05) is 31.0 Å². The minimum Gasteiger partial charge on any atom is -0.543 e. The standard InChI is InChI=1S/C52H63N2O8PSi2/c1-37(61-64(8,9)51(2,3)4)47-45(35-46(55)39-22-21-23-41(34-39)62-65(10,11)52(5,6)7)53(48(47)56)49(50(57)60-36-38-30-32-40(33-31-38)54(58)59)63(42-24-15-12-16-25-42,43-26-17-13-18-27-43)44-28-19-14-20-29-44/h12-34,37,45,47H,35-36H2,1-11H3/t37-,45-,47-/m1/s1. The van der Waals surface area contributed by atoms with Crippen molar-refractivity contribution >= 4 is 68.2 Å². The van der Waals surface area contributed by atoms with Crippen molar-refractivity contribution in [2.75, 3.05) is 0 Å². The Bertz CT molecular complexity index is 2470. The molecule has 1 aliphatic heterocycles. The minimum atomic E-state index is -3.35. The molecule has 65 heavy (non-hydrogen) atoms. The van der Waals surface area contributed by atoms with E-state index in [4.69, 9.17) is 13.6 Å². The molecule has 0 saturated carbocycles. The number of Topliss-reactive ketones (excluding diaryl/α,β-unsaturated/α-hetero) is 1. The molecule has 0 unspecified atom stereocenters. The second-order valence-corrected chi connectivity index (χ2v) is 32.7. The van der Waals surface area contributed by atoms with Gasteiger partial charge in [0.15, 0.2) is 14.1 Å². The summed E-state index contributed by atoms with van der Waals surface area (Å²) in [5.41, 5.74) is 1.01. The van der Waals surface area contributed by atoms with Gasteiger partial charge in [0.05, 0.1) is 23.0 Å². The van der Waals surface area contributed by atoms with Crippen LogP contribution in [0.5, 0.6) is 5.75 Å². The minimum absolute atomic E-state index is 0.0709. The van der Waals surface area contributed by atoms with Gasteiger partial charge in [0.2, 0.25) is 14.2 Å². The van der Waals surface area contributed by atoms with Gasteiger partial charge in [-0.1, -0.05) is 145 Å². The van der Waals surface area contributed by atoms with Gasteiger partial charge in [-0.2, -0.15) is 0 Å². The van der Waals surface area contributed by atoms with Crippen LogP contribution in [0, 0.1) is 16.0 Å². The lowest BCUT2D eigenvalue weighted by Crippen LogP contribution is -2.69. The number of amides is 1. The van der Waals surface area contributed by atoms with E-state index in [0.717, 1.165) is 15.9 Å². The van der Waals surface area contributed by atoms with Crippen LogP contribution in [-0.4, -0.2) is 61.7 Å². The van der Waals surface area contributed by atoms with E-state index in [-0.39, 0.29) is 45.9 Å². The maximum Gasteiger partial charge on any atom is 0.356 e. The SMILES string of the molecule is C[C@@H](O[Si](C)(C)C(C)(C)C)[C@H]1C(=O)N(C(C(=O)OCc2ccc([N+](=O)[O-])cc2)=P(c2ccccc2)(c2ccccc2)c2ccccc2)[C@@H]1CC(=O)c1cccc(O[Si](C)(C)C(C)(C)C)c1. The Morgan fingerprint density at radius 3 is 1.68 bits per heavy atom. The third-order valence-corrected chi connectivity index (χ3v) is 26.7. The van der Waals surface area contributed by atoms with Crippen LogP contribution in [-0.2, 0) is 25.4 Å². The van der Waals surface area contributed by atoms with Gasteiger partial charge in [0.25, 0.3) is 5.69 Å². The highest BCUT2D eigenvalue weighted by molar-refractivity contribution is 7.96. The number of nitrogens with zero attached hydrogens (tertiary/aromatic N) is 2. The summed E-state index contributed by atoms with van der Waals surface area (Å²) in [5, 5.41) is 13.7. The average molecular weight is 931 g/mol. The Labute approximate surface area is 386 Å². The topological polar surface area (TPSA) is 125 Å². The van der Waals surface area contributed by atoms with Gasteiger partial charge in [-0.15, -0.1) is 0 Å². The van der Waals surface area contributed by atoms with Gasteiger partial charge in [0.1, 0.15) is 17.8 Å². The Balaban J connectivity index is 1.60. The van der Waals surface area contributed by atoms with Crippen LogP contribution in [0.25, 0.3) is 0 Å². The van der Waals surface area contributed by atoms with Crippen molar-refractivity contribution in [1.29, 1.82) is 0 Å². The molecule has 0 N–H and O–H groups in total. The second kappa shape index (κ2) is 19.2. The quantitative estimate of drug-likeness (QED) is 0.0182. The second-order valence-electron chi connectivity index (χ2n) is 19.9. The fraction of sp³-hybridized carbons (Fsp3) is 0.346. The van der Waals surface area contributed by atoms with E-state index in [9.17, 15) is 14.9 Å². The molecule has 5 aromatic rings. The zero-order chi connectivity index (χ0) is 47.5. The molecule has 0 radical (unpaired) electrons. The number of nitro benzene ring substituents is 1. The molecular weight excluding hydrogens is 868 g/mol. The molecule has 0 spiro atoms.